The van der Waals surface area contributed by atoms with E-state index in [-0.39, 0.29) is 75.2 Å². The van der Waals surface area contributed by atoms with Crippen LogP contribution in [0.4, 0.5) is 0 Å². The number of amides is 4. The van der Waals surface area contributed by atoms with Crippen LogP contribution in [0.1, 0.15) is 80.8 Å². The molecule has 5 aromatic rings. The van der Waals surface area contributed by atoms with Gasteiger partial charge in [-0.15, -0.1) is 22.9 Å². The van der Waals surface area contributed by atoms with E-state index in [0.717, 1.165) is 49.5 Å². The molecule has 0 bridgehead atoms. The normalized spacial score (nSPS) is 15.7. The number of nitrogens with one attached hydrogen (secondary N) is 3. The van der Waals surface area contributed by atoms with Gasteiger partial charge in [0.1, 0.15) is 35.9 Å². The maximum Gasteiger partial charge on any atom is 0.246 e. The lowest BCUT2D eigenvalue weighted by molar-refractivity contribution is -0.144. The molecule has 3 atom stereocenters. The molecule has 1 saturated heterocycles. The number of ether oxygens (including phenoxy) is 1. The van der Waals surface area contributed by atoms with E-state index >= 15 is 0 Å². The first-order valence-electron chi connectivity index (χ1n) is 22.0. The van der Waals surface area contributed by atoms with Crippen LogP contribution in [-0.4, -0.2) is 92.6 Å². The monoisotopic (exact) mass is 935 g/mol. The molecule has 4 amide bonds. The summed E-state index contributed by atoms with van der Waals surface area (Å²) in [5, 5.41) is 39.0. The number of aromatic nitrogens is 1. The first-order valence-corrected chi connectivity index (χ1v) is 23.5. The minimum atomic E-state index is -0.976. The van der Waals surface area contributed by atoms with Gasteiger partial charge in [-0.05, 0) is 101 Å². The quantitative estimate of drug-likeness (QED) is 0.0275. The number of likely N-dealkylation sites (tertiary alicyclic amines) is 1. The van der Waals surface area contributed by atoms with Crippen LogP contribution in [0, 0.1) is 12.3 Å². The molecule has 66 heavy (non-hydrogen) atoms. The summed E-state index contributed by atoms with van der Waals surface area (Å²) in [6.45, 7) is 8.08. The summed E-state index contributed by atoms with van der Waals surface area (Å²) in [5.74, 6) is -0.210. The van der Waals surface area contributed by atoms with E-state index in [1.54, 1.807) is 41.1 Å². The van der Waals surface area contributed by atoms with Gasteiger partial charge in [0, 0.05) is 38.2 Å². The molecular formula is C51H58ClN5O8S. The zero-order chi connectivity index (χ0) is 47.4. The van der Waals surface area contributed by atoms with Gasteiger partial charge in [0.05, 0.1) is 28.7 Å². The molecule has 4 aromatic carbocycles. The van der Waals surface area contributed by atoms with Crippen molar-refractivity contribution in [1.29, 1.82) is 0 Å². The van der Waals surface area contributed by atoms with Crippen molar-refractivity contribution in [1.82, 2.24) is 25.8 Å². The van der Waals surface area contributed by atoms with Gasteiger partial charge in [0.25, 0.3) is 0 Å². The average Bonchev–Trinajstić information content (AvgIpc) is 3.92. The summed E-state index contributed by atoms with van der Waals surface area (Å²) in [6, 6.07) is 27.4. The lowest BCUT2D eigenvalue weighted by atomic mass is 9.85. The summed E-state index contributed by atoms with van der Waals surface area (Å²) < 4.78 is 5.93. The van der Waals surface area contributed by atoms with E-state index in [4.69, 9.17) is 16.3 Å². The fourth-order valence-corrected chi connectivity index (χ4v) is 8.90. The minimum absolute atomic E-state index is 0.00392. The molecule has 0 spiro atoms. The predicted molar refractivity (Wildman–Crippen MR) is 258 cm³/mol. The second-order valence-electron chi connectivity index (χ2n) is 17.4. The number of hydrogen-bond donors (Lipinski definition) is 6. The van der Waals surface area contributed by atoms with Crippen LogP contribution in [0.15, 0.2) is 103 Å². The SMILES string of the molecule is Cc1ncsc1-c1ccc(CNC(=O)[C@@H]2C[C@@H](O)CN2C(=O)[C@@H](NC(=O)CCCC(=O)NCCOc2ccc(C(=C(CCCl)c3ccc(O)cc3)c3ccc(O)cc3)cc2)C(C)(C)C)cc1. The molecule has 348 valence electrons. The van der Waals surface area contributed by atoms with E-state index in [1.807, 2.05) is 100 Å². The van der Waals surface area contributed by atoms with Crippen molar-refractivity contribution in [2.45, 2.75) is 84.5 Å². The summed E-state index contributed by atoms with van der Waals surface area (Å²) in [5.41, 5.74) is 8.55. The number of carbonyl (C=O) groups excluding carboxylic acids is 4. The summed E-state index contributed by atoms with van der Waals surface area (Å²) in [7, 11) is 0. The number of allylic oxidation sites excluding steroid dienone is 1. The molecule has 13 nitrogen and oxygen atoms in total. The zero-order valence-corrected chi connectivity index (χ0v) is 39.3. The minimum Gasteiger partial charge on any atom is -0.508 e. The smallest absolute Gasteiger partial charge is 0.246 e. The highest BCUT2D eigenvalue weighted by Gasteiger charge is 2.44. The largest absolute Gasteiger partial charge is 0.508 e. The van der Waals surface area contributed by atoms with Gasteiger partial charge in [-0.2, -0.15) is 0 Å². The molecule has 1 aliphatic rings. The van der Waals surface area contributed by atoms with Gasteiger partial charge >= 0.3 is 0 Å². The molecule has 6 N–H and O–H groups in total. The van der Waals surface area contributed by atoms with Crippen molar-refractivity contribution in [3.63, 3.8) is 0 Å². The number of aliphatic hydroxyl groups excluding tert-OH is 1. The highest BCUT2D eigenvalue weighted by atomic mass is 35.5. The predicted octanol–water partition coefficient (Wildman–Crippen LogP) is 7.59. The number of benzene rings is 4. The van der Waals surface area contributed by atoms with Crippen molar-refractivity contribution in [2.24, 2.45) is 5.41 Å². The Labute approximate surface area is 394 Å². The van der Waals surface area contributed by atoms with Gasteiger partial charge < -0.3 is 40.9 Å². The Hall–Kier alpha value is -6.22. The van der Waals surface area contributed by atoms with Crippen LogP contribution in [0.25, 0.3) is 21.6 Å². The third-order valence-corrected chi connectivity index (χ3v) is 12.5. The van der Waals surface area contributed by atoms with Crippen LogP contribution < -0.4 is 20.7 Å². The fourth-order valence-electron chi connectivity index (χ4n) is 7.90. The molecule has 2 heterocycles. The number of thiazole rings is 1. The van der Waals surface area contributed by atoms with E-state index in [0.29, 0.717) is 18.1 Å². The molecule has 6 rings (SSSR count). The molecular weight excluding hydrogens is 878 g/mol. The van der Waals surface area contributed by atoms with Gasteiger partial charge in [0.2, 0.25) is 23.6 Å². The van der Waals surface area contributed by atoms with E-state index in [9.17, 15) is 34.5 Å². The number of aromatic hydroxyl groups is 2. The van der Waals surface area contributed by atoms with Gasteiger partial charge in [-0.1, -0.05) is 81.4 Å². The van der Waals surface area contributed by atoms with Crippen molar-refractivity contribution >= 4 is 57.7 Å². The van der Waals surface area contributed by atoms with E-state index in [1.165, 1.54) is 4.90 Å². The number of phenolic OH excluding ortho intramolecular Hbond substituents is 2. The number of alkyl halides is 1. The third-order valence-electron chi connectivity index (χ3n) is 11.4. The Morgan fingerprint density at radius 2 is 1.44 bits per heavy atom. The van der Waals surface area contributed by atoms with Crippen LogP contribution in [0.2, 0.25) is 0 Å². The van der Waals surface area contributed by atoms with Crippen LogP contribution in [-0.2, 0) is 25.7 Å². The third kappa shape index (κ3) is 13.2. The van der Waals surface area contributed by atoms with Gasteiger partial charge in [-0.25, -0.2) is 4.98 Å². The second kappa shape index (κ2) is 22.8. The number of nitrogens with zero attached hydrogens (tertiary/aromatic N) is 2. The molecule has 1 fully saturated rings. The highest BCUT2D eigenvalue weighted by molar-refractivity contribution is 7.13. The number of β-amino-alcohol motifs (C(OH)–C–C–N with tert-alkyl or cyclic N) is 1. The number of rotatable bonds is 19. The molecule has 0 saturated carbocycles. The summed E-state index contributed by atoms with van der Waals surface area (Å²) in [6.07, 6.45) is 0.0844. The first-order chi connectivity index (χ1) is 31.6. The second-order valence-corrected chi connectivity index (χ2v) is 18.6. The average molecular weight is 937 g/mol. The number of aliphatic hydroxyl groups is 1. The van der Waals surface area contributed by atoms with Gasteiger partial charge in [0.15, 0.2) is 0 Å². The Morgan fingerprint density at radius 3 is 2.03 bits per heavy atom. The molecule has 15 heteroatoms. The Balaban J connectivity index is 0.960. The lowest BCUT2D eigenvalue weighted by Crippen LogP contribution is -2.57. The molecule has 1 aromatic heterocycles. The standard InChI is InChI=1S/C51H58ClN5O8S/c1-32-47(66-31-55-32)37-10-8-33(9-11-37)29-54-49(63)43-28-40(60)30-57(43)50(64)48(51(2,3)4)56-45(62)7-5-6-44(61)53-26-27-65-41-22-16-36(17-23-41)46(35-14-20-39(59)21-15-35)42(24-25-52)34-12-18-38(58)19-13-34/h8-23,31,40,43,48,58-60H,5-7,24-30H2,1-4H3,(H,53,61)(H,54,63)(H,56,62)/t40-,43+,48-/m1/s1. The highest BCUT2D eigenvalue weighted by Crippen LogP contribution is 2.37. The fraction of sp³-hybridized carbons (Fsp3) is 0.353. The molecule has 1 aliphatic heterocycles. The molecule has 0 unspecified atom stereocenters. The topological polar surface area (TPSA) is 190 Å². The maximum absolute atomic E-state index is 14.0. The van der Waals surface area contributed by atoms with Crippen molar-refractivity contribution in [3.05, 3.63) is 131 Å². The van der Waals surface area contributed by atoms with E-state index < -0.39 is 35.4 Å². The Morgan fingerprint density at radius 1 is 0.833 bits per heavy atom. The Kier molecular flexibility index (Phi) is 17.0. The maximum atomic E-state index is 14.0. The molecule has 0 aliphatic carbocycles. The lowest BCUT2D eigenvalue weighted by Gasteiger charge is -2.35. The van der Waals surface area contributed by atoms with Gasteiger partial charge in [-0.3, -0.25) is 19.2 Å². The molecule has 0 radical (unpaired) electrons. The van der Waals surface area contributed by atoms with Crippen molar-refractivity contribution in [2.75, 3.05) is 25.6 Å². The number of phenols is 2. The summed E-state index contributed by atoms with van der Waals surface area (Å²) >= 11 is 7.84. The first kappa shape index (κ1) is 49.2. The van der Waals surface area contributed by atoms with Crippen LogP contribution >= 0.6 is 22.9 Å². The summed E-state index contributed by atoms with van der Waals surface area (Å²) in [4.78, 5) is 60.1. The van der Waals surface area contributed by atoms with Crippen molar-refractivity contribution in [3.8, 4) is 27.7 Å². The number of aryl methyl sites for hydroxylation is 1. The van der Waals surface area contributed by atoms with E-state index in [2.05, 4.69) is 20.9 Å². The Bertz CT molecular complexity index is 2470. The zero-order valence-electron chi connectivity index (χ0n) is 37.7. The number of carbonyl (C=O) groups is 4. The van der Waals surface area contributed by atoms with Crippen molar-refractivity contribution < 1.29 is 39.2 Å². The van der Waals surface area contributed by atoms with Crippen LogP contribution in [0.5, 0.6) is 17.2 Å². The number of hydrogen-bond acceptors (Lipinski definition) is 10. The number of halogens is 1. The van der Waals surface area contributed by atoms with Crippen LogP contribution in [0.3, 0.4) is 0 Å².